The van der Waals surface area contributed by atoms with E-state index in [1.165, 1.54) is 0 Å². The molecule has 1 rings (SSSR count). The molecule has 1 heterocycles. The van der Waals surface area contributed by atoms with Crippen LogP contribution in [-0.2, 0) is 9.53 Å². The molecule has 0 aromatic carbocycles. The first-order valence-electron chi connectivity index (χ1n) is 3.20. The van der Waals surface area contributed by atoms with E-state index in [4.69, 9.17) is 10.5 Å². The molecular formula is C6H11NO2. The van der Waals surface area contributed by atoms with Crippen LogP contribution in [0, 0.1) is 0 Å². The zero-order chi connectivity index (χ0) is 6.69. The summed E-state index contributed by atoms with van der Waals surface area (Å²) in [7, 11) is 0. The van der Waals surface area contributed by atoms with Gasteiger partial charge in [0.15, 0.2) is 0 Å². The smallest absolute Gasteiger partial charge is 0.305 e. The van der Waals surface area contributed by atoms with Gasteiger partial charge in [0.25, 0.3) is 0 Å². The Morgan fingerprint density at radius 1 is 1.67 bits per heavy atom. The second-order valence-corrected chi connectivity index (χ2v) is 2.34. The lowest BCUT2D eigenvalue weighted by atomic mass is 10.2. The van der Waals surface area contributed by atoms with Gasteiger partial charge in [-0.1, -0.05) is 0 Å². The topological polar surface area (TPSA) is 52.3 Å². The minimum atomic E-state index is -0.108. The summed E-state index contributed by atoms with van der Waals surface area (Å²) in [6.07, 6.45) is 2.32. The van der Waals surface area contributed by atoms with E-state index in [9.17, 15) is 4.79 Å². The van der Waals surface area contributed by atoms with Crippen molar-refractivity contribution in [3.63, 3.8) is 0 Å². The summed E-state index contributed by atoms with van der Waals surface area (Å²) in [6, 6.07) is 0.0662. The van der Waals surface area contributed by atoms with Gasteiger partial charge in [0.2, 0.25) is 0 Å². The zero-order valence-corrected chi connectivity index (χ0v) is 5.30. The van der Waals surface area contributed by atoms with Gasteiger partial charge in [-0.25, -0.2) is 0 Å². The third-order valence-electron chi connectivity index (χ3n) is 1.41. The van der Waals surface area contributed by atoms with Gasteiger partial charge in [-0.05, 0) is 12.8 Å². The molecule has 1 aliphatic rings. The summed E-state index contributed by atoms with van der Waals surface area (Å²) < 4.78 is 4.75. The minimum Gasteiger partial charge on any atom is -0.464 e. The largest absolute Gasteiger partial charge is 0.464 e. The van der Waals surface area contributed by atoms with Crippen LogP contribution in [0.2, 0.25) is 0 Å². The van der Waals surface area contributed by atoms with Crippen LogP contribution in [0.3, 0.4) is 0 Å². The van der Waals surface area contributed by atoms with Crippen molar-refractivity contribution in [1.82, 2.24) is 0 Å². The molecule has 0 radical (unpaired) electrons. The van der Waals surface area contributed by atoms with Crippen LogP contribution in [-0.4, -0.2) is 18.6 Å². The van der Waals surface area contributed by atoms with Gasteiger partial charge in [-0.2, -0.15) is 0 Å². The van der Waals surface area contributed by atoms with Gasteiger partial charge in [0.05, 0.1) is 0 Å². The summed E-state index contributed by atoms with van der Waals surface area (Å²) in [6.45, 7) is 0.402. The molecule has 0 spiro atoms. The van der Waals surface area contributed by atoms with E-state index in [0.717, 1.165) is 12.8 Å². The van der Waals surface area contributed by atoms with Crippen LogP contribution in [0.25, 0.3) is 0 Å². The third-order valence-corrected chi connectivity index (χ3v) is 1.41. The van der Waals surface area contributed by atoms with Gasteiger partial charge in [-0.3, -0.25) is 4.79 Å². The summed E-state index contributed by atoms with van der Waals surface area (Å²) in [5, 5.41) is 0. The molecular weight excluding hydrogens is 118 g/mol. The lowest BCUT2D eigenvalue weighted by Gasteiger charge is -2.03. The molecule has 1 fully saturated rings. The number of nitrogens with two attached hydrogens (primary N) is 1. The number of cyclic esters (lactones) is 1. The third kappa shape index (κ3) is 2.01. The van der Waals surface area contributed by atoms with E-state index in [-0.39, 0.29) is 12.0 Å². The van der Waals surface area contributed by atoms with Crippen LogP contribution in [0.1, 0.15) is 19.3 Å². The quantitative estimate of drug-likeness (QED) is 0.470. The maximum atomic E-state index is 10.6. The predicted octanol–water partition coefficient (Wildman–Crippen LogP) is 0.0408. The Kier molecular flexibility index (Phi) is 2.05. The molecule has 0 saturated carbocycles. The summed E-state index contributed by atoms with van der Waals surface area (Å²) in [5.74, 6) is -0.108. The molecule has 1 unspecified atom stereocenters. The van der Waals surface area contributed by atoms with Crippen LogP contribution >= 0.6 is 0 Å². The number of rotatable bonds is 0. The summed E-state index contributed by atoms with van der Waals surface area (Å²) in [4.78, 5) is 10.6. The fraction of sp³-hybridized carbons (Fsp3) is 0.833. The average Bonchev–Trinajstić information content (AvgIpc) is 1.97. The number of ether oxygens (including phenoxy) is 1. The molecule has 9 heavy (non-hydrogen) atoms. The van der Waals surface area contributed by atoms with Crippen molar-refractivity contribution in [2.45, 2.75) is 25.3 Å². The molecule has 0 aliphatic carbocycles. The monoisotopic (exact) mass is 129 g/mol. The maximum absolute atomic E-state index is 10.6. The van der Waals surface area contributed by atoms with Crippen LogP contribution in [0.15, 0.2) is 0 Å². The first kappa shape index (κ1) is 6.55. The van der Waals surface area contributed by atoms with Crippen molar-refractivity contribution in [3.05, 3.63) is 0 Å². The molecule has 3 nitrogen and oxygen atoms in total. The van der Waals surface area contributed by atoms with E-state index < -0.39 is 0 Å². The highest BCUT2D eigenvalue weighted by Gasteiger charge is 2.12. The van der Waals surface area contributed by atoms with E-state index in [1.807, 2.05) is 0 Å². The molecule has 1 saturated heterocycles. The van der Waals surface area contributed by atoms with Crippen molar-refractivity contribution >= 4 is 5.97 Å². The molecule has 0 amide bonds. The van der Waals surface area contributed by atoms with Crippen molar-refractivity contribution in [2.75, 3.05) is 6.61 Å². The van der Waals surface area contributed by atoms with E-state index in [2.05, 4.69) is 0 Å². The molecule has 1 atom stereocenters. The number of hydrogen-bond acceptors (Lipinski definition) is 3. The number of hydrogen-bond donors (Lipinski definition) is 1. The van der Waals surface area contributed by atoms with Gasteiger partial charge < -0.3 is 10.5 Å². The molecule has 3 heteroatoms. The number of carbonyl (C=O) groups excluding carboxylic acids is 1. The van der Waals surface area contributed by atoms with Crippen molar-refractivity contribution in [3.8, 4) is 0 Å². The lowest BCUT2D eigenvalue weighted by Crippen LogP contribution is -2.24. The van der Waals surface area contributed by atoms with Gasteiger partial charge in [-0.15, -0.1) is 0 Å². The molecule has 0 aromatic heterocycles. The summed E-state index contributed by atoms with van der Waals surface area (Å²) in [5.41, 5.74) is 5.52. The molecule has 1 aliphatic heterocycles. The van der Waals surface area contributed by atoms with E-state index >= 15 is 0 Å². The fourth-order valence-electron chi connectivity index (χ4n) is 0.864. The first-order chi connectivity index (χ1) is 4.29. The molecule has 0 bridgehead atoms. The Morgan fingerprint density at radius 2 is 2.44 bits per heavy atom. The van der Waals surface area contributed by atoms with Crippen molar-refractivity contribution in [2.24, 2.45) is 5.73 Å². The standard InChI is InChI=1S/C6H11NO2/c7-5-2-1-3-6(8)9-4-5/h5H,1-4,7H2. The molecule has 2 N–H and O–H groups in total. The highest BCUT2D eigenvalue weighted by molar-refractivity contribution is 5.69. The van der Waals surface area contributed by atoms with Gasteiger partial charge >= 0.3 is 5.97 Å². The van der Waals surface area contributed by atoms with Gasteiger partial charge in [0, 0.05) is 12.5 Å². The zero-order valence-electron chi connectivity index (χ0n) is 5.30. The maximum Gasteiger partial charge on any atom is 0.305 e. The van der Waals surface area contributed by atoms with Crippen molar-refractivity contribution in [1.29, 1.82) is 0 Å². The highest BCUT2D eigenvalue weighted by Crippen LogP contribution is 2.05. The normalized spacial score (nSPS) is 29.0. The molecule has 0 aromatic rings. The molecule has 52 valence electrons. The van der Waals surface area contributed by atoms with Crippen molar-refractivity contribution < 1.29 is 9.53 Å². The summed E-state index contributed by atoms with van der Waals surface area (Å²) >= 11 is 0. The Bertz CT molecular complexity index is 114. The predicted molar refractivity (Wildman–Crippen MR) is 32.8 cm³/mol. The van der Waals surface area contributed by atoms with Gasteiger partial charge in [0.1, 0.15) is 6.61 Å². The number of carbonyl (C=O) groups is 1. The van der Waals surface area contributed by atoms with Crippen LogP contribution in [0.4, 0.5) is 0 Å². The Hall–Kier alpha value is -0.570. The van der Waals surface area contributed by atoms with E-state index in [1.54, 1.807) is 0 Å². The Balaban J connectivity index is 2.34. The second kappa shape index (κ2) is 2.82. The SMILES string of the molecule is NC1CCCC(=O)OC1. The Morgan fingerprint density at radius 3 is 3.22 bits per heavy atom. The number of esters is 1. The second-order valence-electron chi connectivity index (χ2n) is 2.34. The first-order valence-corrected chi connectivity index (χ1v) is 3.20. The van der Waals surface area contributed by atoms with Crippen LogP contribution in [0.5, 0.6) is 0 Å². The Labute approximate surface area is 54.2 Å². The highest BCUT2D eigenvalue weighted by atomic mass is 16.5. The minimum absolute atomic E-state index is 0.0662. The average molecular weight is 129 g/mol. The van der Waals surface area contributed by atoms with Crippen LogP contribution < -0.4 is 5.73 Å². The van der Waals surface area contributed by atoms with E-state index in [0.29, 0.717) is 13.0 Å². The fourth-order valence-corrected chi connectivity index (χ4v) is 0.864. The lowest BCUT2D eigenvalue weighted by molar-refractivity contribution is -0.142.